The van der Waals surface area contributed by atoms with Crippen molar-refractivity contribution in [2.75, 3.05) is 7.11 Å². The van der Waals surface area contributed by atoms with E-state index in [1.54, 1.807) is 13.3 Å². The Hall–Kier alpha value is -1.94. The summed E-state index contributed by atoms with van der Waals surface area (Å²) in [6.07, 6.45) is 3.95. The molecular formula is C13H15N3O. The van der Waals surface area contributed by atoms with Gasteiger partial charge in [0.05, 0.1) is 18.8 Å². The van der Waals surface area contributed by atoms with Crippen molar-refractivity contribution >= 4 is 0 Å². The minimum atomic E-state index is -0.120. The van der Waals surface area contributed by atoms with Crippen molar-refractivity contribution < 1.29 is 4.74 Å². The maximum absolute atomic E-state index is 6.09. The van der Waals surface area contributed by atoms with Crippen molar-refractivity contribution in [1.82, 2.24) is 9.97 Å². The van der Waals surface area contributed by atoms with Crippen molar-refractivity contribution in [2.45, 2.75) is 12.5 Å². The molecule has 0 fully saturated rings. The highest BCUT2D eigenvalue weighted by Crippen LogP contribution is 2.17. The Labute approximate surface area is 100 Å². The summed E-state index contributed by atoms with van der Waals surface area (Å²) in [5.41, 5.74) is 8.07. The molecule has 2 aromatic rings. The van der Waals surface area contributed by atoms with E-state index in [-0.39, 0.29) is 6.04 Å². The lowest BCUT2D eigenvalue weighted by atomic mass is 10.0. The zero-order chi connectivity index (χ0) is 12.1. The van der Waals surface area contributed by atoms with Crippen LogP contribution in [-0.2, 0) is 6.42 Å². The van der Waals surface area contributed by atoms with Gasteiger partial charge in [-0.3, -0.25) is 0 Å². The minimum absolute atomic E-state index is 0.120. The highest BCUT2D eigenvalue weighted by Gasteiger charge is 2.08. The van der Waals surface area contributed by atoms with Crippen LogP contribution in [0, 0.1) is 0 Å². The maximum Gasteiger partial charge on any atom is 0.119 e. The summed E-state index contributed by atoms with van der Waals surface area (Å²) >= 11 is 0. The number of aromatic nitrogens is 2. The van der Waals surface area contributed by atoms with E-state index in [2.05, 4.69) is 9.97 Å². The Morgan fingerprint density at radius 1 is 1.35 bits per heavy atom. The van der Waals surface area contributed by atoms with Gasteiger partial charge in [0.2, 0.25) is 0 Å². The summed E-state index contributed by atoms with van der Waals surface area (Å²) in [7, 11) is 1.66. The molecule has 2 N–H and O–H groups in total. The van der Waals surface area contributed by atoms with Crippen LogP contribution in [0.5, 0.6) is 5.75 Å². The molecule has 0 aliphatic carbocycles. The van der Waals surface area contributed by atoms with Crippen molar-refractivity contribution in [2.24, 2.45) is 5.73 Å². The first-order chi connectivity index (χ1) is 8.29. The third kappa shape index (κ3) is 3.01. The van der Waals surface area contributed by atoms with Gasteiger partial charge in [0.15, 0.2) is 0 Å². The van der Waals surface area contributed by atoms with Crippen LogP contribution < -0.4 is 10.5 Å². The predicted molar refractivity (Wildman–Crippen MR) is 65.7 cm³/mol. The molecule has 17 heavy (non-hydrogen) atoms. The average molecular weight is 229 g/mol. The summed E-state index contributed by atoms with van der Waals surface area (Å²) in [5, 5.41) is 0. The van der Waals surface area contributed by atoms with Gasteiger partial charge < -0.3 is 10.5 Å². The lowest BCUT2D eigenvalue weighted by Crippen LogP contribution is -2.14. The van der Waals surface area contributed by atoms with Gasteiger partial charge in [-0.1, -0.05) is 12.1 Å². The molecule has 0 saturated heterocycles. The fraction of sp³-hybridized carbons (Fsp3) is 0.231. The van der Waals surface area contributed by atoms with Gasteiger partial charge in [-0.25, -0.2) is 9.97 Å². The molecule has 2 rings (SSSR count). The molecule has 0 saturated carbocycles. The van der Waals surface area contributed by atoms with Crippen molar-refractivity contribution in [1.29, 1.82) is 0 Å². The molecule has 1 heterocycles. The number of methoxy groups -OCH3 is 1. The van der Waals surface area contributed by atoms with Gasteiger partial charge >= 0.3 is 0 Å². The van der Waals surface area contributed by atoms with Gasteiger partial charge in [0.1, 0.15) is 12.1 Å². The molecule has 0 aliphatic rings. The molecule has 1 aromatic heterocycles. The van der Waals surface area contributed by atoms with Crippen LogP contribution >= 0.6 is 0 Å². The van der Waals surface area contributed by atoms with Crippen LogP contribution in [0.25, 0.3) is 0 Å². The molecule has 1 atom stereocenters. The molecule has 1 aromatic carbocycles. The third-order valence-electron chi connectivity index (χ3n) is 2.57. The van der Waals surface area contributed by atoms with Crippen molar-refractivity contribution in [3.8, 4) is 5.75 Å². The fourth-order valence-electron chi connectivity index (χ4n) is 1.68. The molecule has 0 radical (unpaired) electrons. The van der Waals surface area contributed by atoms with Crippen molar-refractivity contribution in [3.63, 3.8) is 0 Å². The molecule has 4 nitrogen and oxygen atoms in total. The number of benzene rings is 1. The molecular weight excluding hydrogens is 214 g/mol. The van der Waals surface area contributed by atoms with Crippen LogP contribution in [0.1, 0.15) is 17.3 Å². The highest BCUT2D eigenvalue weighted by molar-refractivity contribution is 5.29. The zero-order valence-corrected chi connectivity index (χ0v) is 9.71. The van der Waals surface area contributed by atoms with E-state index in [0.717, 1.165) is 23.4 Å². The summed E-state index contributed by atoms with van der Waals surface area (Å²) < 4.78 is 5.18. The highest BCUT2D eigenvalue weighted by atomic mass is 16.5. The van der Waals surface area contributed by atoms with Crippen LogP contribution in [0.15, 0.2) is 42.9 Å². The summed E-state index contributed by atoms with van der Waals surface area (Å²) in [6.45, 7) is 0. The van der Waals surface area contributed by atoms with Crippen LogP contribution in [0.2, 0.25) is 0 Å². The zero-order valence-electron chi connectivity index (χ0n) is 9.71. The first-order valence-electron chi connectivity index (χ1n) is 5.44. The van der Waals surface area contributed by atoms with E-state index in [1.165, 1.54) is 6.33 Å². The lowest BCUT2D eigenvalue weighted by molar-refractivity contribution is 0.414. The standard InChI is InChI=1S/C13H15N3O/c1-17-11-4-2-3-10(7-11)8-12(14)13-5-6-15-9-16-13/h2-7,9,12H,8,14H2,1H3. The Kier molecular flexibility index (Phi) is 3.67. The largest absolute Gasteiger partial charge is 0.497 e. The second kappa shape index (κ2) is 5.41. The van der Waals surface area contributed by atoms with Crippen LogP contribution in [0.4, 0.5) is 0 Å². The topological polar surface area (TPSA) is 61.0 Å². The number of ether oxygens (including phenoxy) is 1. The molecule has 88 valence electrons. The lowest BCUT2D eigenvalue weighted by Gasteiger charge is -2.11. The Morgan fingerprint density at radius 3 is 2.94 bits per heavy atom. The first-order valence-corrected chi connectivity index (χ1v) is 5.44. The molecule has 0 aliphatic heterocycles. The van der Waals surface area contributed by atoms with Gasteiger partial charge in [-0.05, 0) is 30.2 Å². The molecule has 1 unspecified atom stereocenters. The first kappa shape index (κ1) is 11.5. The number of hydrogen-bond acceptors (Lipinski definition) is 4. The van der Waals surface area contributed by atoms with E-state index in [1.807, 2.05) is 30.3 Å². The average Bonchev–Trinajstić information content (AvgIpc) is 2.40. The second-order valence-electron chi connectivity index (χ2n) is 3.80. The summed E-state index contributed by atoms with van der Waals surface area (Å²) in [6, 6.07) is 9.61. The van der Waals surface area contributed by atoms with E-state index >= 15 is 0 Å². The molecule has 0 spiro atoms. The van der Waals surface area contributed by atoms with E-state index < -0.39 is 0 Å². The molecule has 0 bridgehead atoms. The van der Waals surface area contributed by atoms with Crippen LogP contribution in [-0.4, -0.2) is 17.1 Å². The Balaban J connectivity index is 2.10. The van der Waals surface area contributed by atoms with E-state index in [9.17, 15) is 0 Å². The smallest absolute Gasteiger partial charge is 0.119 e. The molecule has 0 amide bonds. The predicted octanol–water partition coefficient (Wildman–Crippen LogP) is 1.73. The maximum atomic E-state index is 6.09. The monoisotopic (exact) mass is 229 g/mol. The van der Waals surface area contributed by atoms with Gasteiger partial charge in [0, 0.05) is 6.20 Å². The van der Waals surface area contributed by atoms with E-state index in [4.69, 9.17) is 10.5 Å². The van der Waals surface area contributed by atoms with Gasteiger partial charge in [-0.15, -0.1) is 0 Å². The Bertz CT molecular complexity index is 473. The third-order valence-corrected chi connectivity index (χ3v) is 2.57. The SMILES string of the molecule is COc1cccc(CC(N)c2ccncn2)c1. The van der Waals surface area contributed by atoms with Gasteiger partial charge in [-0.2, -0.15) is 0 Å². The quantitative estimate of drug-likeness (QED) is 0.867. The number of rotatable bonds is 4. The number of hydrogen-bond donors (Lipinski definition) is 1. The van der Waals surface area contributed by atoms with Crippen LogP contribution in [0.3, 0.4) is 0 Å². The second-order valence-corrected chi connectivity index (χ2v) is 3.80. The normalized spacial score (nSPS) is 12.1. The molecule has 4 heteroatoms. The number of nitrogens with two attached hydrogens (primary N) is 1. The number of nitrogens with zero attached hydrogens (tertiary/aromatic N) is 2. The van der Waals surface area contributed by atoms with Crippen molar-refractivity contribution in [3.05, 3.63) is 54.1 Å². The van der Waals surface area contributed by atoms with Gasteiger partial charge in [0.25, 0.3) is 0 Å². The summed E-state index contributed by atoms with van der Waals surface area (Å²) in [5.74, 6) is 0.845. The van der Waals surface area contributed by atoms with E-state index in [0.29, 0.717) is 0 Å². The Morgan fingerprint density at radius 2 is 2.24 bits per heavy atom. The fourth-order valence-corrected chi connectivity index (χ4v) is 1.68. The summed E-state index contributed by atoms with van der Waals surface area (Å²) in [4.78, 5) is 8.03. The minimum Gasteiger partial charge on any atom is -0.497 e.